The van der Waals surface area contributed by atoms with E-state index in [0.29, 0.717) is 16.8 Å². The second-order valence-corrected chi connectivity index (χ2v) is 7.42. The molecule has 0 bridgehead atoms. The Labute approximate surface area is 153 Å². The number of aryl methyl sites for hydroxylation is 1. The normalized spacial score (nSPS) is 10.8. The van der Waals surface area contributed by atoms with Gasteiger partial charge in [0.25, 0.3) is 10.0 Å². The number of hydrogen-bond donors (Lipinski definition) is 2. The zero-order chi connectivity index (χ0) is 18.6. The van der Waals surface area contributed by atoms with Gasteiger partial charge in [0.1, 0.15) is 0 Å². The first-order valence-corrected chi connectivity index (χ1v) is 9.42. The van der Waals surface area contributed by atoms with Crippen molar-refractivity contribution in [2.45, 2.75) is 11.8 Å². The van der Waals surface area contributed by atoms with E-state index in [0.717, 1.165) is 11.4 Å². The summed E-state index contributed by atoms with van der Waals surface area (Å²) >= 11 is 0. The molecule has 3 rings (SSSR count). The average Bonchev–Trinajstić information content (AvgIpc) is 2.63. The maximum absolute atomic E-state index is 12.5. The third-order valence-corrected chi connectivity index (χ3v) is 5.34. The maximum Gasteiger partial charge on any atom is 0.262 e. The average molecular weight is 363 g/mol. The van der Waals surface area contributed by atoms with Crippen LogP contribution < -0.4 is 10.0 Å². The van der Waals surface area contributed by atoms with Crippen LogP contribution in [0.4, 0.5) is 17.1 Å². The molecule has 0 amide bonds. The maximum atomic E-state index is 12.5. The molecule has 3 aromatic rings. The lowest BCUT2D eigenvalue weighted by atomic mass is 10.2. The topological polar surface area (TPSA) is 82.0 Å². The van der Waals surface area contributed by atoms with Gasteiger partial charge in [-0.25, -0.2) is 8.42 Å². The van der Waals surface area contributed by atoms with Gasteiger partial charge in [-0.2, -0.15) is 5.26 Å². The molecule has 6 heteroatoms. The fourth-order valence-electron chi connectivity index (χ4n) is 2.52. The van der Waals surface area contributed by atoms with E-state index in [-0.39, 0.29) is 4.90 Å². The first-order valence-electron chi connectivity index (χ1n) is 7.94. The van der Waals surface area contributed by atoms with Gasteiger partial charge in [0.15, 0.2) is 0 Å². The Balaban J connectivity index is 1.76. The zero-order valence-corrected chi connectivity index (χ0v) is 14.9. The van der Waals surface area contributed by atoms with Crippen LogP contribution in [0.5, 0.6) is 0 Å². The van der Waals surface area contributed by atoms with Crippen LogP contribution in [0, 0.1) is 18.3 Å². The van der Waals surface area contributed by atoms with Crippen LogP contribution in [0.3, 0.4) is 0 Å². The van der Waals surface area contributed by atoms with Gasteiger partial charge in [-0.3, -0.25) is 4.72 Å². The molecule has 2 N–H and O–H groups in total. The van der Waals surface area contributed by atoms with E-state index in [4.69, 9.17) is 5.26 Å². The van der Waals surface area contributed by atoms with Gasteiger partial charge < -0.3 is 5.32 Å². The Morgan fingerprint density at radius 3 is 2.23 bits per heavy atom. The smallest absolute Gasteiger partial charge is 0.262 e. The highest BCUT2D eigenvalue weighted by Gasteiger charge is 2.16. The minimum Gasteiger partial charge on any atom is -0.355 e. The van der Waals surface area contributed by atoms with Crippen LogP contribution >= 0.6 is 0 Å². The predicted molar refractivity (Wildman–Crippen MR) is 103 cm³/mol. The molecule has 0 aliphatic heterocycles. The van der Waals surface area contributed by atoms with Crippen LogP contribution in [0.2, 0.25) is 0 Å². The van der Waals surface area contributed by atoms with Gasteiger partial charge in [0.2, 0.25) is 0 Å². The van der Waals surface area contributed by atoms with E-state index in [1.54, 1.807) is 73.7 Å². The zero-order valence-electron chi connectivity index (χ0n) is 14.1. The van der Waals surface area contributed by atoms with Crippen molar-refractivity contribution in [1.82, 2.24) is 0 Å². The molecule has 0 atom stereocenters. The van der Waals surface area contributed by atoms with Crippen molar-refractivity contribution < 1.29 is 8.42 Å². The number of hydrogen-bond acceptors (Lipinski definition) is 4. The van der Waals surface area contributed by atoms with Crippen molar-refractivity contribution in [2.24, 2.45) is 0 Å². The van der Waals surface area contributed by atoms with Gasteiger partial charge in [-0.05, 0) is 61.0 Å². The molecule has 26 heavy (non-hydrogen) atoms. The van der Waals surface area contributed by atoms with Gasteiger partial charge in [-0.15, -0.1) is 0 Å². The number of anilines is 3. The largest absolute Gasteiger partial charge is 0.355 e. The summed E-state index contributed by atoms with van der Waals surface area (Å²) in [7, 11) is -3.63. The highest BCUT2D eigenvalue weighted by Crippen LogP contribution is 2.22. The third kappa shape index (κ3) is 4.02. The number of rotatable bonds is 5. The van der Waals surface area contributed by atoms with Crippen LogP contribution in [0.1, 0.15) is 11.1 Å². The molecule has 0 heterocycles. The van der Waals surface area contributed by atoms with Crippen molar-refractivity contribution in [3.8, 4) is 6.07 Å². The lowest BCUT2D eigenvalue weighted by molar-refractivity contribution is 0.600. The van der Waals surface area contributed by atoms with Crippen molar-refractivity contribution in [1.29, 1.82) is 5.26 Å². The van der Waals surface area contributed by atoms with E-state index < -0.39 is 10.0 Å². The number of nitrogens with zero attached hydrogens (tertiary/aromatic N) is 1. The highest BCUT2D eigenvalue weighted by molar-refractivity contribution is 7.92. The molecule has 0 aromatic heterocycles. The van der Waals surface area contributed by atoms with Crippen molar-refractivity contribution in [3.05, 3.63) is 83.9 Å². The third-order valence-electron chi connectivity index (χ3n) is 3.80. The van der Waals surface area contributed by atoms with E-state index in [2.05, 4.69) is 16.1 Å². The molecule has 0 fully saturated rings. The second-order valence-electron chi connectivity index (χ2n) is 5.77. The molecule has 5 nitrogen and oxygen atoms in total. The number of sulfonamides is 1. The fraction of sp³-hybridized carbons (Fsp3) is 0.0500. The van der Waals surface area contributed by atoms with Gasteiger partial charge in [0, 0.05) is 17.1 Å². The summed E-state index contributed by atoms with van der Waals surface area (Å²) in [5.74, 6) is 0. The number of nitriles is 1. The van der Waals surface area contributed by atoms with Gasteiger partial charge in [0.05, 0.1) is 16.5 Å². The number of benzene rings is 3. The molecule has 3 aromatic carbocycles. The minimum atomic E-state index is -3.63. The lowest BCUT2D eigenvalue weighted by Crippen LogP contribution is -2.14. The van der Waals surface area contributed by atoms with E-state index in [1.165, 1.54) is 0 Å². The molecular weight excluding hydrogens is 346 g/mol. The molecule has 0 radical (unpaired) electrons. The Bertz CT molecular complexity index is 1070. The highest BCUT2D eigenvalue weighted by atomic mass is 32.2. The summed E-state index contributed by atoms with van der Waals surface area (Å²) in [6.45, 7) is 1.76. The standard InChI is InChI=1S/C20H17N3O2S/c1-15-5-2-3-8-20(15)26(24,25)23-18-11-9-17(10-12-18)22-19-7-4-6-16(13-19)14-21/h2-13,22-23H,1H3. The summed E-state index contributed by atoms with van der Waals surface area (Å²) in [6.07, 6.45) is 0. The Morgan fingerprint density at radius 1 is 0.846 bits per heavy atom. The second kappa shape index (κ2) is 7.30. The first kappa shape index (κ1) is 17.5. The summed E-state index contributed by atoms with van der Waals surface area (Å²) < 4.78 is 27.6. The van der Waals surface area contributed by atoms with Crippen molar-refractivity contribution >= 4 is 27.1 Å². The number of nitrogens with one attached hydrogen (secondary N) is 2. The molecule has 0 saturated carbocycles. The summed E-state index contributed by atoms with van der Waals surface area (Å²) in [5, 5.41) is 12.1. The Kier molecular flexibility index (Phi) is 4.92. The molecular formula is C20H17N3O2S. The van der Waals surface area contributed by atoms with Crippen LogP contribution in [-0.2, 0) is 10.0 Å². The molecule has 0 spiro atoms. The lowest BCUT2D eigenvalue weighted by Gasteiger charge is -2.11. The van der Waals surface area contributed by atoms with E-state index >= 15 is 0 Å². The quantitative estimate of drug-likeness (QED) is 0.703. The van der Waals surface area contributed by atoms with Gasteiger partial charge >= 0.3 is 0 Å². The molecule has 0 aliphatic rings. The van der Waals surface area contributed by atoms with Gasteiger partial charge in [-0.1, -0.05) is 24.3 Å². The molecule has 130 valence electrons. The predicted octanol–water partition coefficient (Wildman–Crippen LogP) is 4.41. The van der Waals surface area contributed by atoms with E-state index in [9.17, 15) is 8.42 Å². The van der Waals surface area contributed by atoms with Crippen molar-refractivity contribution in [2.75, 3.05) is 10.0 Å². The monoisotopic (exact) mass is 363 g/mol. The Morgan fingerprint density at radius 2 is 1.54 bits per heavy atom. The summed E-state index contributed by atoms with van der Waals surface area (Å²) in [5.41, 5.74) is 3.31. The molecule has 0 unspecified atom stereocenters. The van der Waals surface area contributed by atoms with Crippen molar-refractivity contribution in [3.63, 3.8) is 0 Å². The summed E-state index contributed by atoms with van der Waals surface area (Å²) in [4.78, 5) is 0.260. The van der Waals surface area contributed by atoms with Crippen LogP contribution in [0.15, 0.2) is 77.7 Å². The molecule has 0 saturated heterocycles. The summed E-state index contributed by atoms with van der Waals surface area (Å²) in [6, 6.07) is 23.0. The van der Waals surface area contributed by atoms with E-state index in [1.807, 2.05) is 6.07 Å². The van der Waals surface area contributed by atoms with Crippen LogP contribution in [-0.4, -0.2) is 8.42 Å². The SMILES string of the molecule is Cc1ccccc1S(=O)(=O)Nc1ccc(Nc2cccc(C#N)c2)cc1. The molecule has 0 aliphatic carbocycles. The first-order chi connectivity index (χ1) is 12.5. The Hall–Kier alpha value is -3.30. The fourth-order valence-corrected chi connectivity index (χ4v) is 3.83. The minimum absolute atomic E-state index is 0.260. The van der Waals surface area contributed by atoms with Crippen LogP contribution in [0.25, 0.3) is 0 Å².